The van der Waals surface area contributed by atoms with E-state index in [1.165, 1.54) is 0 Å². The SMILES string of the molecule is CC1Cc2ccccc2N1C(=O)C(=O)N1CCCNCC1. The number of amides is 2. The van der Waals surface area contributed by atoms with Crippen molar-refractivity contribution in [2.24, 2.45) is 0 Å². The van der Waals surface area contributed by atoms with Crippen LogP contribution in [0.25, 0.3) is 0 Å². The van der Waals surface area contributed by atoms with E-state index >= 15 is 0 Å². The standard InChI is InChI=1S/C16H21N3O2/c1-12-11-13-5-2-3-6-14(13)19(12)16(21)15(20)18-9-4-7-17-8-10-18/h2-3,5-6,12,17H,4,7-11H2,1H3. The van der Waals surface area contributed by atoms with Gasteiger partial charge in [-0.25, -0.2) is 0 Å². The molecule has 2 amide bonds. The van der Waals surface area contributed by atoms with E-state index in [-0.39, 0.29) is 11.9 Å². The predicted molar refractivity (Wildman–Crippen MR) is 81.2 cm³/mol. The molecule has 0 aliphatic carbocycles. The van der Waals surface area contributed by atoms with Gasteiger partial charge in [-0.2, -0.15) is 0 Å². The lowest BCUT2D eigenvalue weighted by Crippen LogP contribution is -2.48. The lowest BCUT2D eigenvalue weighted by atomic mass is 10.1. The van der Waals surface area contributed by atoms with Crippen LogP contribution < -0.4 is 10.2 Å². The Morgan fingerprint density at radius 3 is 2.81 bits per heavy atom. The Bertz CT molecular complexity index is 550. The van der Waals surface area contributed by atoms with E-state index < -0.39 is 5.91 Å². The van der Waals surface area contributed by atoms with Crippen LogP contribution in [0.4, 0.5) is 5.69 Å². The smallest absolute Gasteiger partial charge is 0.316 e. The summed E-state index contributed by atoms with van der Waals surface area (Å²) in [5.41, 5.74) is 2.03. The molecule has 0 aromatic heterocycles. The normalized spacial score (nSPS) is 21.9. The van der Waals surface area contributed by atoms with E-state index in [0.29, 0.717) is 13.1 Å². The number of carbonyl (C=O) groups is 2. The first-order valence-corrected chi connectivity index (χ1v) is 7.59. The number of anilines is 1. The summed E-state index contributed by atoms with van der Waals surface area (Å²) in [4.78, 5) is 28.5. The Kier molecular flexibility index (Phi) is 3.92. The van der Waals surface area contributed by atoms with Gasteiger partial charge in [-0.05, 0) is 37.9 Å². The molecule has 3 rings (SSSR count). The molecule has 1 atom stereocenters. The number of hydrogen-bond acceptors (Lipinski definition) is 3. The van der Waals surface area contributed by atoms with Gasteiger partial charge in [-0.1, -0.05) is 18.2 Å². The first-order chi connectivity index (χ1) is 10.2. The van der Waals surface area contributed by atoms with Crippen molar-refractivity contribution in [3.63, 3.8) is 0 Å². The van der Waals surface area contributed by atoms with Crippen molar-refractivity contribution in [3.05, 3.63) is 29.8 Å². The fourth-order valence-electron chi connectivity index (χ4n) is 3.16. The summed E-state index contributed by atoms with van der Waals surface area (Å²) in [7, 11) is 0. The van der Waals surface area contributed by atoms with Crippen LogP contribution in [0.3, 0.4) is 0 Å². The molecule has 0 radical (unpaired) electrons. The highest BCUT2D eigenvalue weighted by Gasteiger charge is 2.36. The minimum Gasteiger partial charge on any atom is -0.333 e. The largest absolute Gasteiger partial charge is 0.333 e. The maximum Gasteiger partial charge on any atom is 0.316 e. The summed E-state index contributed by atoms with van der Waals surface area (Å²) >= 11 is 0. The summed E-state index contributed by atoms with van der Waals surface area (Å²) in [5, 5.41) is 3.25. The van der Waals surface area contributed by atoms with Crippen LogP contribution in [0.15, 0.2) is 24.3 Å². The first-order valence-electron chi connectivity index (χ1n) is 7.59. The summed E-state index contributed by atoms with van der Waals surface area (Å²) < 4.78 is 0. The van der Waals surface area contributed by atoms with E-state index in [0.717, 1.165) is 37.2 Å². The highest BCUT2D eigenvalue weighted by Crippen LogP contribution is 2.32. The highest BCUT2D eigenvalue weighted by atomic mass is 16.2. The van der Waals surface area contributed by atoms with Gasteiger partial charge in [0.25, 0.3) is 0 Å². The maximum absolute atomic E-state index is 12.6. The van der Waals surface area contributed by atoms with Crippen molar-refractivity contribution < 1.29 is 9.59 Å². The average molecular weight is 287 g/mol. The number of carbonyl (C=O) groups excluding carboxylic acids is 2. The number of fused-ring (bicyclic) bond motifs is 1. The predicted octanol–water partition coefficient (Wildman–Crippen LogP) is 0.786. The average Bonchev–Trinajstić information content (AvgIpc) is 2.67. The van der Waals surface area contributed by atoms with Gasteiger partial charge in [0.1, 0.15) is 0 Å². The molecule has 0 saturated carbocycles. The molecule has 1 N–H and O–H groups in total. The lowest BCUT2D eigenvalue weighted by molar-refractivity contribution is -0.144. The number of para-hydroxylation sites is 1. The molecule has 1 unspecified atom stereocenters. The molecule has 1 aromatic rings. The Morgan fingerprint density at radius 2 is 1.95 bits per heavy atom. The zero-order valence-corrected chi connectivity index (χ0v) is 12.3. The van der Waals surface area contributed by atoms with Crippen molar-refractivity contribution >= 4 is 17.5 Å². The molecule has 21 heavy (non-hydrogen) atoms. The van der Waals surface area contributed by atoms with Gasteiger partial charge in [-0.3, -0.25) is 9.59 Å². The molecule has 2 aliphatic heterocycles. The zero-order valence-electron chi connectivity index (χ0n) is 12.3. The summed E-state index contributed by atoms with van der Waals surface area (Å²) in [6.07, 6.45) is 1.71. The van der Waals surface area contributed by atoms with Crippen molar-refractivity contribution in [1.82, 2.24) is 10.2 Å². The summed E-state index contributed by atoms with van der Waals surface area (Å²) in [5.74, 6) is -0.767. The monoisotopic (exact) mass is 287 g/mol. The Balaban J connectivity index is 1.80. The molecule has 5 heteroatoms. The van der Waals surface area contributed by atoms with Crippen LogP contribution in [0.2, 0.25) is 0 Å². The molecule has 1 fully saturated rings. The second-order valence-electron chi connectivity index (χ2n) is 5.75. The summed E-state index contributed by atoms with van der Waals surface area (Å²) in [6, 6.07) is 7.89. The van der Waals surface area contributed by atoms with Crippen molar-refractivity contribution in [2.75, 3.05) is 31.1 Å². The second kappa shape index (κ2) is 5.85. The van der Waals surface area contributed by atoms with Gasteiger partial charge >= 0.3 is 11.8 Å². The van der Waals surface area contributed by atoms with Crippen LogP contribution in [0.5, 0.6) is 0 Å². The van der Waals surface area contributed by atoms with Crippen LogP contribution in [-0.2, 0) is 16.0 Å². The fraction of sp³-hybridized carbons (Fsp3) is 0.500. The van der Waals surface area contributed by atoms with Gasteiger partial charge in [-0.15, -0.1) is 0 Å². The van der Waals surface area contributed by atoms with Crippen LogP contribution in [0.1, 0.15) is 18.9 Å². The molecule has 2 heterocycles. The molecule has 1 aromatic carbocycles. The number of nitrogens with zero attached hydrogens (tertiary/aromatic N) is 2. The third kappa shape index (κ3) is 2.65. The molecule has 5 nitrogen and oxygen atoms in total. The Hall–Kier alpha value is -1.88. The van der Waals surface area contributed by atoms with Gasteiger partial charge in [0.2, 0.25) is 0 Å². The van der Waals surface area contributed by atoms with E-state index in [4.69, 9.17) is 0 Å². The number of hydrogen-bond donors (Lipinski definition) is 1. The third-order valence-electron chi connectivity index (χ3n) is 4.24. The second-order valence-corrected chi connectivity index (χ2v) is 5.75. The third-order valence-corrected chi connectivity index (χ3v) is 4.24. The first kappa shape index (κ1) is 14.1. The van der Waals surface area contributed by atoms with Crippen molar-refractivity contribution in [1.29, 1.82) is 0 Å². The van der Waals surface area contributed by atoms with E-state index in [1.54, 1.807) is 9.80 Å². The number of rotatable bonds is 0. The maximum atomic E-state index is 12.6. The van der Waals surface area contributed by atoms with Crippen LogP contribution in [0, 0.1) is 0 Å². The molecule has 1 saturated heterocycles. The minimum atomic E-state index is -0.394. The topological polar surface area (TPSA) is 52.7 Å². The molecular formula is C16H21N3O2. The Morgan fingerprint density at radius 1 is 1.14 bits per heavy atom. The zero-order chi connectivity index (χ0) is 14.8. The van der Waals surface area contributed by atoms with Crippen molar-refractivity contribution in [2.45, 2.75) is 25.8 Å². The Labute approximate surface area is 124 Å². The minimum absolute atomic E-state index is 0.0453. The molecule has 0 spiro atoms. The molecule has 0 bridgehead atoms. The van der Waals surface area contributed by atoms with Crippen LogP contribution in [-0.4, -0.2) is 48.9 Å². The van der Waals surface area contributed by atoms with Gasteiger partial charge < -0.3 is 15.1 Å². The van der Waals surface area contributed by atoms with E-state index in [1.807, 2.05) is 31.2 Å². The van der Waals surface area contributed by atoms with E-state index in [9.17, 15) is 9.59 Å². The number of benzene rings is 1. The quantitative estimate of drug-likeness (QED) is 0.718. The van der Waals surface area contributed by atoms with E-state index in [2.05, 4.69) is 5.32 Å². The van der Waals surface area contributed by atoms with Gasteiger partial charge in [0.05, 0.1) is 0 Å². The molecular weight excluding hydrogens is 266 g/mol. The number of nitrogens with one attached hydrogen (secondary N) is 1. The highest BCUT2D eigenvalue weighted by molar-refractivity contribution is 6.40. The molecule has 2 aliphatic rings. The van der Waals surface area contributed by atoms with Crippen molar-refractivity contribution in [3.8, 4) is 0 Å². The lowest BCUT2D eigenvalue weighted by Gasteiger charge is -2.26. The van der Waals surface area contributed by atoms with Crippen LogP contribution >= 0.6 is 0 Å². The van der Waals surface area contributed by atoms with Gasteiger partial charge in [0, 0.05) is 31.4 Å². The summed E-state index contributed by atoms with van der Waals surface area (Å²) in [6.45, 7) is 4.91. The fourth-order valence-corrected chi connectivity index (χ4v) is 3.16. The van der Waals surface area contributed by atoms with Gasteiger partial charge in [0.15, 0.2) is 0 Å². The molecule has 112 valence electrons.